The summed E-state index contributed by atoms with van der Waals surface area (Å²) >= 11 is 0. The molecule has 3 heteroatoms. The molecule has 0 amide bonds. The van der Waals surface area contributed by atoms with Crippen LogP contribution in [0.15, 0.2) is 18.2 Å². The molecular formula is C18H25NO2. The number of aliphatic carboxylic acids is 1. The van der Waals surface area contributed by atoms with Crippen molar-refractivity contribution in [3.63, 3.8) is 0 Å². The van der Waals surface area contributed by atoms with Crippen molar-refractivity contribution in [2.45, 2.75) is 57.4 Å². The molecule has 21 heavy (non-hydrogen) atoms. The third-order valence-electron chi connectivity index (χ3n) is 4.95. The number of hydrogen-bond acceptors (Lipinski definition) is 2. The lowest BCUT2D eigenvalue weighted by atomic mass is 9.97. The molecular weight excluding hydrogens is 262 g/mol. The van der Waals surface area contributed by atoms with Crippen LogP contribution in [0.3, 0.4) is 0 Å². The second-order valence-electron chi connectivity index (χ2n) is 6.51. The van der Waals surface area contributed by atoms with Crippen molar-refractivity contribution in [3.05, 3.63) is 34.9 Å². The van der Waals surface area contributed by atoms with Crippen molar-refractivity contribution in [3.8, 4) is 0 Å². The maximum atomic E-state index is 11.2. The summed E-state index contributed by atoms with van der Waals surface area (Å²) in [6.45, 7) is 2.12. The van der Waals surface area contributed by atoms with Crippen molar-refractivity contribution in [2.24, 2.45) is 0 Å². The van der Waals surface area contributed by atoms with E-state index in [-0.39, 0.29) is 12.5 Å². The molecule has 1 aromatic carbocycles. The van der Waals surface area contributed by atoms with Gasteiger partial charge < -0.3 is 5.11 Å². The van der Waals surface area contributed by atoms with E-state index >= 15 is 0 Å². The van der Waals surface area contributed by atoms with Crippen molar-refractivity contribution < 1.29 is 9.90 Å². The molecule has 0 saturated carbocycles. The molecule has 2 aliphatic rings. The lowest BCUT2D eigenvalue weighted by Gasteiger charge is -2.34. The Balaban J connectivity index is 1.72. The topological polar surface area (TPSA) is 40.5 Å². The molecule has 1 unspecified atom stereocenters. The molecule has 1 aliphatic heterocycles. The highest BCUT2D eigenvalue weighted by molar-refractivity contribution is 5.67. The Morgan fingerprint density at radius 3 is 2.62 bits per heavy atom. The average molecular weight is 287 g/mol. The van der Waals surface area contributed by atoms with Crippen LogP contribution >= 0.6 is 0 Å². The molecule has 1 aliphatic carbocycles. The van der Waals surface area contributed by atoms with Crippen LogP contribution in [0.1, 0.15) is 48.8 Å². The smallest absolute Gasteiger partial charge is 0.304 e. The quantitative estimate of drug-likeness (QED) is 0.905. The molecule has 0 bridgehead atoms. The van der Waals surface area contributed by atoms with Gasteiger partial charge in [-0.05, 0) is 68.3 Å². The summed E-state index contributed by atoms with van der Waals surface area (Å²) in [6, 6.07) is 6.94. The Bertz CT molecular complexity index is 506. The van der Waals surface area contributed by atoms with Gasteiger partial charge in [-0.1, -0.05) is 24.6 Å². The first-order valence-electron chi connectivity index (χ1n) is 8.29. The number of rotatable bonds is 5. The van der Waals surface area contributed by atoms with Gasteiger partial charge in [0, 0.05) is 6.04 Å². The van der Waals surface area contributed by atoms with E-state index in [2.05, 4.69) is 23.1 Å². The first-order chi connectivity index (χ1) is 10.2. The number of benzene rings is 1. The Kier molecular flexibility index (Phi) is 4.59. The molecule has 3 rings (SSSR count). The zero-order valence-electron chi connectivity index (χ0n) is 12.7. The Morgan fingerprint density at radius 2 is 1.86 bits per heavy atom. The van der Waals surface area contributed by atoms with Gasteiger partial charge in [0.2, 0.25) is 0 Å². The highest BCUT2D eigenvalue weighted by Gasteiger charge is 2.23. The number of piperidine rings is 1. The van der Waals surface area contributed by atoms with Crippen molar-refractivity contribution >= 4 is 5.97 Å². The van der Waals surface area contributed by atoms with E-state index in [0.717, 1.165) is 19.5 Å². The van der Waals surface area contributed by atoms with Gasteiger partial charge in [-0.15, -0.1) is 0 Å². The highest BCUT2D eigenvalue weighted by atomic mass is 16.4. The lowest BCUT2D eigenvalue weighted by Crippen LogP contribution is -2.41. The first kappa shape index (κ1) is 14.6. The normalized spacial score (nSPS) is 20.2. The van der Waals surface area contributed by atoms with E-state index in [1.165, 1.54) is 55.2 Å². The van der Waals surface area contributed by atoms with E-state index in [1.807, 2.05) is 0 Å². The van der Waals surface area contributed by atoms with Crippen LogP contribution in [0.25, 0.3) is 0 Å². The fourth-order valence-electron chi connectivity index (χ4n) is 3.84. The van der Waals surface area contributed by atoms with Crippen LogP contribution in [0.2, 0.25) is 0 Å². The fourth-order valence-corrected chi connectivity index (χ4v) is 3.84. The monoisotopic (exact) mass is 287 g/mol. The average Bonchev–Trinajstić information content (AvgIpc) is 2.94. The maximum Gasteiger partial charge on any atom is 0.304 e. The SMILES string of the molecule is O=C(O)CC(Cc1ccc2c(c1)CCC2)N1CCCCC1. The minimum atomic E-state index is -0.674. The van der Waals surface area contributed by atoms with Crippen molar-refractivity contribution in [1.29, 1.82) is 0 Å². The van der Waals surface area contributed by atoms with Gasteiger partial charge in [-0.3, -0.25) is 9.69 Å². The van der Waals surface area contributed by atoms with E-state index in [4.69, 9.17) is 0 Å². The van der Waals surface area contributed by atoms with Gasteiger partial charge in [-0.2, -0.15) is 0 Å². The van der Waals surface area contributed by atoms with E-state index in [9.17, 15) is 9.90 Å². The Morgan fingerprint density at radius 1 is 1.10 bits per heavy atom. The number of hydrogen-bond donors (Lipinski definition) is 1. The summed E-state index contributed by atoms with van der Waals surface area (Å²) in [7, 11) is 0. The summed E-state index contributed by atoms with van der Waals surface area (Å²) < 4.78 is 0. The molecule has 0 aromatic heterocycles. The van der Waals surface area contributed by atoms with Gasteiger partial charge in [0.15, 0.2) is 0 Å². The summed E-state index contributed by atoms with van der Waals surface area (Å²) in [5.74, 6) is -0.674. The minimum absolute atomic E-state index is 0.155. The van der Waals surface area contributed by atoms with Crippen LogP contribution in [0.4, 0.5) is 0 Å². The number of nitrogens with zero attached hydrogens (tertiary/aromatic N) is 1. The third kappa shape index (κ3) is 3.65. The summed E-state index contributed by atoms with van der Waals surface area (Å²) in [5, 5.41) is 9.22. The molecule has 1 saturated heterocycles. The molecule has 3 nitrogen and oxygen atoms in total. The van der Waals surface area contributed by atoms with Gasteiger partial charge in [0.1, 0.15) is 0 Å². The van der Waals surface area contributed by atoms with E-state index in [1.54, 1.807) is 0 Å². The van der Waals surface area contributed by atoms with E-state index in [0.29, 0.717) is 0 Å². The molecule has 1 aromatic rings. The van der Waals surface area contributed by atoms with Crippen molar-refractivity contribution in [2.75, 3.05) is 13.1 Å². The highest BCUT2D eigenvalue weighted by Crippen LogP contribution is 2.25. The first-order valence-corrected chi connectivity index (χ1v) is 8.29. The summed E-state index contributed by atoms with van der Waals surface area (Å²) in [6.07, 6.45) is 8.51. The van der Waals surface area contributed by atoms with Crippen LogP contribution in [-0.4, -0.2) is 35.1 Å². The predicted molar refractivity (Wildman–Crippen MR) is 83.6 cm³/mol. The largest absolute Gasteiger partial charge is 0.481 e. The molecule has 1 fully saturated rings. The number of carboxylic acid groups (broad SMARTS) is 1. The number of likely N-dealkylation sites (tertiary alicyclic amines) is 1. The Hall–Kier alpha value is -1.35. The zero-order chi connectivity index (χ0) is 14.7. The number of carbonyl (C=O) groups is 1. The second kappa shape index (κ2) is 6.61. The van der Waals surface area contributed by atoms with Gasteiger partial charge in [0.05, 0.1) is 6.42 Å². The molecule has 1 N–H and O–H groups in total. The number of aryl methyl sites for hydroxylation is 2. The number of fused-ring (bicyclic) bond motifs is 1. The number of carboxylic acids is 1. The van der Waals surface area contributed by atoms with Crippen LogP contribution in [0.5, 0.6) is 0 Å². The Labute approximate surface area is 127 Å². The standard InChI is InChI=1S/C18H25NO2/c20-18(21)13-17(19-9-2-1-3-10-19)12-14-7-8-15-5-4-6-16(15)11-14/h7-8,11,17H,1-6,9-10,12-13H2,(H,20,21). The van der Waals surface area contributed by atoms with E-state index < -0.39 is 5.97 Å². The van der Waals surface area contributed by atoms with Gasteiger partial charge in [-0.25, -0.2) is 0 Å². The second-order valence-corrected chi connectivity index (χ2v) is 6.51. The van der Waals surface area contributed by atoms with Crippen molar-refractivity contribution in [1.82, 2.24) is 4.90 Å². The lowest BCUT2D eigenvalue weighted by molar-refractivity contribution is -0.138. The minimum Gasteiger partial charge on any atom is -0.481 e. The van der Waals surface area contributed by atoms with Gasteiger partial charge in [0.25, 0.3) is 0 Å². The van der Waals surface area contributed by atoms with Crippen LogP contribution in [0, 0.1) is 0 Å². The molecule has 0 radical (unpaired) electrons. The third-order valence-corrected chi connectivity index (χ3v) is 4.95. The molecule has 1 heterocycles. The maximum absolute atomic E-state index is 11.2. The zero-order valence-corrected chi connectivity index (χ0v) is 12.7. The predicted octanol–water partition coefficient (Wildman–Crippen LogP) is 3.05. The molecule has 1 atom stereocenters. The summed E-state index contributed by atoms with van der Waals surface area (Å²) in [4.78, 5) is 13.6. The fraction of sp³-hybridized carbons (Fsp3) is 0.611. The molecule has 0 spiro atoms. The van der Waals surface area contributed by atoms with Crippen LogP contribution in [-0.2, 0) is 24.1 Å². The van der Waals surface area contributed by atoms with Gasteiger partial charge >= 0.3 is 5.97 Å². The molecule has 114 valence electrons. The summed E-state index contributed by atoms with van der Waals surface area (Å²) in [5.41, 5.74) is 4.29. The van der Waals surface area contributed by atoms with Crippen LogP contribution < -0.4 is 0 Å².